The van der Waals surface area contributed by atoms with Crippen molar-refractivity contribution in [3.8, 4) is 0 Å². The summed E-state index contributed by atoms with van der Waals surface area (Å²) in [7, 11) is 0. The fourth-order valence-electron chi connectivity index (χ4n) is 6.20. The molecule has 58 heavy (non-hydrogen) atoms. The number of H-pyrrole nitrogens is 1. The van der Waals surface area contributed by atoms with Gasteiger partial charge in [0.05, 0.1) is 0 Å². The standard InChI is InChI=1S/C43H56N8O7/c1-28-15-8-10-19-32(28)50-41(56)46-23-13-12-21-34(39(54)45-24-14-22-37(52)48-35(38(44)53)25-29-16-6-5-7-17-29)49-40(55)36(51-42(57)58-43(2,3)4)26-30-27-47-33-20-11-9-18-31(30)33/h5-11,15-20,27,34-36,47H,12-14,21-26H2,1-4H3,(H2,44,53)(H,45,54)(H,48,52)(H,49,55)(H,51,57)(H2,46,50,56)/t34-,35-,36-/m0/s1. The molecule has 0 aliphatic carbocycles. The predicted molar refractivity (Wildman–Crippen MR) is 223 cm³/mol. The third-order valence-electron chi connectivity index (χ3n) is 9.18. The van der Waals surface area contributed by atoms with Crippen LogP contribution >= 0.6 is 0 Å². The Morgan fingerprint density at radius 3 is 2.14 bits per heavy atom. The minimum absolute atomic E-state index is 0.0125. The quantitative estimate of drug-likeness (QED) is 0.0598. The molecule has 0 aliphatic heterocycles. The molecule has 0 saturated carbocycles. The molecule has 15 nitrogen and oxygen atoms in total. The number of benzene rings is 3. The van der Waals surface area contributed by atoms with Gasteiger partial charge in [0.2, 0.25) is 23.6 Å². The third-order valence-corrected chi connectivity index (χ3v) is 9.18. The Hall–Kier alpha value is -6.38. The van der Waals surface area contributed by atoms with Crippen LogP contribution in [0.3, 0.4) is 0 Å². The van der Waals surface area contributed by atoms with Gasteiger partial charge < -0.3 is 47.4 Å². The number of ether oxygens (including phenoxy) is 1. The largest absolute Gasteiger partial charge is 0.444 e. The van der Waals surface area contributed by atoms with Gasteiger partial charge >= 0.3 is 12.1 Å². The predicted octanol–water partition coefficient (Wildman–Crippen LogP) is 4.50. The van der Waals surface area contributed by atoms with E-state index in [0.717, 1.165) is 27.6 Å². The number of primary amides is 1. The van der Waals surface area contributed by atoms with Crippen molar-refractivity contribution < 1.29 is 33.5 Å². The van der Waals surface area contributed by atoms with Gasteiger partial charge in [0.25, 0.3) is 0 Å². The van der Waals surface area contributed by atoms with Crippen molar-refractivity contribution in [2.45, 2.75) is 96.4 Å². The molecule has 0 spiro atoms. The lowest BCUT2D eigenvalue weighted by Crippen LogP contribution is -2.55. The molecule has 1 aromatic heterocycles. The van der Waals surface area contributed by atoms with Crippen LogP contribution in [0.1, 0.15) is 69.6 Å². The van der Waals surface area contributed by atoms with E-state index in [1.165, 1.54) is 0 Å². The van der Waals surface area contributed by atoms with Crippen LogP contribution in [-0.4, -0.2) is 77.6 Å². The summed E-state index contributed by atoms with van der Waals surface area (Å²) in [4.78, 5) is 81.0. The number of urea groups is 1. The van der Waals surface area contributed by atoms with Crippen LogP contribution in [0.5, 0.6) is 0 Å². The summed E-state index contributed by atoms with van der Waals surface area (Å²) < 4.78 is 5.47. The number of carbonyl (C=O) groups excluding carboxylic acids is 6. The maximum absolute atomic E-state index is 14.0. The Morgan fingerprint density at radius 1 is 0.724 bits per heavy atom. The molecular weight excluding hydrogens is 741 g/mol. The molecule has 310 valence electrons. The molecule has 3 aromatic carbocycles. The van der Waals surface area contributed by atoms with Crippen LogP contribution in [0, 0.1) is 6.92 Å². The first-order valence-corrected chi connectivity index (χ1v) is 19.5. The Balaban J connectivity index is 1.39. The van der Waals surface area contributed by atoms with Gasteiger partial charge in [0.1, 0.15) is 23.7 Å². The number of fused-ring (bicyclic) bond motifs is 1. The van der Waals surface area contributed by atoms with Crippen molar-refractivity contribution in [2.75, 3.05) is 18.4 Å². The molecule has 9 N–H and O–H groups in total. The van der Waals surface area contributed by atoms with Crippen molar-refractivity contribution in [3.05, 3.63) is 102 Å². The number of anilines is 1. The summed E-state index contributed by atoms with van der Waals surface area (Å²) in [6, 6.07) is 20.8. The second kappa shape index (κ2) is 21.8. The molecule has 0 radical (unpaired) electrons. The molecule has 4 rings (SSSR count). The first-order chi connectivity index (χ1) is 27.7. The number of carbonyl (C=O) groups is 6. The third kappa shape index (κ3) is 14.9. The number of aryl methyl sites for hydroxylation is 1. The van der Waals surface area contributed by atoms with Crippen LogP contribution in [0.15, 0.2) is 85.1 Å². The number of amides is 7. The molecule has 1 heterocycles. The van der Waals surface area contributed by atoms with Crippen molar-refractivity contribution in [1.29, 1.82) is 0 Å². The highest BCUT2D eigenvalue weighted by Crippen LogP contribution is 2.20. The molecule has 0 aliphatic rings. The minimum Gasteiger partial charge on any atom is -0.444 e. The summed E-state index contributed by atoms with van der Waals surface area (Å²) in [5.41, 5.74) is 8.83. The van der Waals surface area contributed by atoms with E-state index >= 15 is 0 Å². The van der Waals surface area contributed by atoms with E-state index in [-0.39, 0.29) is 44.7 Å². The van der Waals surface area contributed by atoms with Crippen LogP contribution in [-0.2, 0) is 36.8 Å². The van der Waals surface area contributed by atoms with Crippen molar-refractivity contribution >= 4 is 52.3 Å². The van der Waals surface area contributed by atoms with Crippen LogP contribution in [0.25, 0.3) is 10.9 Å². The van der Waals surface area contributed by atoms with E-state index in [9.17, 15) is 28.8 Å². The lowest BCUT2D eigenvalue weighted by molar-refractivity contribution is -0.130. The second-order valence-corrected chi connectivity index (χ2v) is 15.1. The summed E-state index contributed by atoms with van der Waals surface area (Å²) >= 11 is 0. The first-order valence-electron chi connectivity index (χ1n) is 19.5. The fourth-order valence-corrected chi connectivity index (χ4v) is 6.20. The van der Waals surface area contributed by atoms with Crippen molar-refractivity contribution in [3.63, 3.8) is 0 Å². The summed E-state index contributed by atoms with van der Waals surface area (Å²) in [6.45, 7) is 7.46. The van der Waals surface area contributed by atoms with E-state index in [1.807, 2.05) is 79.7 Å². The Morgan fingerprint density at radius 2 is 1.41 bits per heavy atom. The normalized spacial score (nSPS) is 12.7. The highest BCUT2D eigenvalue weighted by Gasteiger charge is 2.29. The van der Waals surface area contributed by atoms with Crippen LogP contribution < -0.4 is 37.6 Å². The van der Waals surface area contributed by atoms with Gasteiger partial charge in [-0.05, 0) is 82.2 Å². The number of rotatable bonds is 20. The number of aromatic amines is 1. The van der Waals surface area contributed by atoms with Gasteiger partial charge in [-0.3, -0.25) is 19.2 Å². The average Bonchev–Trinajstić information content (AvgIpc) is 3.58. The minimum atomic E-state index is -1.10. The summed E-state index contributed by atoms with van der Waals surface area (Å²) in [6.07, 6.45) is 2.77. The zero-order valence-electron chi connectivity index (χ0n) is 33.6. The molecule has 4 aromatic rings. The Labute approximate surface area is 339 Å². The number of para-hydroxylation sites is 2. The van der Waals surface area contributed by atoms with E-state index in [0.29, 0.717) is 25.1 Å². The number of nitrogens with two attached hydrogens (primary N) is 1. The monoisotopic (exact) mass is 796 g/mol. The van der Waals surface area contributed by atoms with Gasteiger partial charge in [0.15, 0.2) is 0 Å². The highest BCUT2D eigenvalue weighted by molar-refractivity contribution is 5.93. The number of nitrogens with one attached hydrogen (secondary N) is 7. The summed E-state index contributed by atoms with van der Waals surface area (Å²) in [5.74, 6) is -2.13. The van der Waals surface area contributed by atoms with Crippen molar-refractivity contribution in [2.24, 2.45) is 5.73 Å². The molecule has 3 atom stereocenters. The number of hydrogen-bond acceptors (Lipinski definition) is 7. The maximum Gasteiger partial charge on any atom is 0.408 e. The van der Waals surface area contributed by atoms with Gasteiger partial charge in [-0.15, -0.1) is 0 Å². The summed E-state index contributed by atoms with van der Waals surface area (Å²) in [5, 5.41) is 17.5. The Bertz CT molecular complexity index is 2010. The lowest BCUT2D eigenvalue weighted by Gasteiger charge is -2.25. The van der Waals surface area contributed by atoms with Crippen LogP contribution in [0.4, 0.5) is 15.3 Å². The van der Waals surface area contributed by atoms with Gasteiger partial charge in [-0.2, -0.15) is 0 Å². The van der Waals surface area contributed by atoms with Crippen molar-refractivity contribution in [1.82, 2.24) is 31.6 Å². The second-order valence-electron chi connectivity index (χ2n) is 15.1. The number of hydrogen-bond donors (Lipinski definition) is 8. The molecule has 0 unspecified atom stereocenters. The Kier molecular flexibility index (Phi) is 16.7. The maximum atomic E-state index is 14.0. The topological polar surface area (TPSA) is 226 Å². The van der Waals surface area contributed by atoms with E-state index in [2.05, 4.69) is 36.9 Å². The highest BCUT2D eigenvalue weighted by atomic mass is 16.6. The van der Waals surface area contributed by atoms with Crippen LogP contribution in [0.2, 0.25) is 0 Å². The molecule has 15 heteroatoms. The van der Waals surface area contributed by atoms with Gasteiger partial charge in [-0.25, -0.2) is 9.59 Å². The molecule has 0 fully saturated rings. The number of alkyl carbamates (subject to hydrolysis) is 1. The SMILES string of the molecule is Cc1ccccc1NC(=O)NCCCC[C@H](NC(=O)[C@H](Cc1c[nH]c2ccccc12)NC(=O)OC(C)(C)C)C(=O)NCCCC(=O)N[C@@H](Cc1ccccc1)C(N)=O. The molecular formula is C43H56N8O7. The smallest absolute Gasteiger partial charge is 0.408 e. The van der Waals surface area contributed by atoms with E-state index in [1.54, 1.807) is 33.0 Å². The fraction of sp³-hybridized carbons (Fsp3) is 0.395. The first kappa shape index (κ1) is 44.3. The zero-order chi connectivity index (χ0) is 42.1. The number of aromatic nitrogens is 1. The van der Waals surface area contributed by atoms with E-state index < -0.39 is 53.4 Å². The lowest BCUT2D eigenvalue weighted by atomic mass is 10.0. The number of unbranched alkanes of at least 4 members (excludes halogenated alkanes) is 1. The van der Waals surface area contributed by atoms with Gasteiger partial charge in [-0.1, -0.05) is 66.7 Å². The van der Waals surface area contributed by atoms with E-state index in [4.69, 9.17) is 10.5 Å². The molecule has 0 bridgehead atoms. The molecule has 7 amide bonds. The zero-order valence-corrected chi connectivity index (χ0v) is 33.6. The average molecular weight is 797 g/mol. The molecule has 0 saturated heterocycles. The van der Waals surface area contributed by atoms with Gasteiger partial charge in [0, 0.05) is 55.1 Å².